The third kappa shape index (κ3) is 2.95. The van der Waals surface area contributed by atoms with Crippen LogP contribution in [0.1, 0.15) is 42.8 Å². The molecule has 1 saturated heterocycles. The van der Waals surface area contributed by atoms with E-state index in [1.54, 1.807) is 16.2 Å². The topological polar surface area (TPSA) is 62.3 Å². The van der Waals surface area contributed by atoms with Crippen molar-refractivity contribution in [2.75, 3.05) is 13.1 Å². The molecule has 5 nitrogen and oxygen atoms in total. The average molecular weight is 307 g/mol. The minimum atomic E-state index is -0.619. The van der Waals surface area contributed by atoms with E-state index in [9.17, 15) is 9.59 Å². The molecule has 0 radical (unpaired) electrons. The lowest BCUT2D eigenvalue weighted by Crippen LogP contribution is -2.67. The number of hydrogen-bond acceptors (Lipinski definition) is 4. The molecule has 0 aromatic carbocycles. The first-order chi connectivity index (χ1) is 10.1. The zero-order valence-corrected chi connectivity index (χ0v) is 13.2. The van der Waals surface area contributed by atoms with E-state index in [1.165, 1.54) is 0 Å². The number of hydrogen-bond donors (Lipinski definition) is 1. The maximum absolute atomic E-state index is 12.8. The van der Waals surface area contributed by atoms with E-state index in [-0.39, 0.29) is 18.4 Å². The number of thiazole rings is 1. The molecule has 1 aliphatic carbocycles. The van der Waals surface area contributed by atoms with E-state index >= 15 is 0 Å². The lowest BCUT2D eigenvalue weighted by atomic mass is 9.79. The van der Waals surface area contributed by atoms with Crippen molar-refractivity contribution in [1.82, 2.24) is 15.2 Å². The van der Waals surface area contributed by atoms with Crippen molar-refractivity contribution in [3.8, 4) is 0 Å². The lowest BCUT2D eigenvalue weighted by Gasteiger charge is -2.44. The Bertz CT molecular complexity index is 549. The van der Waals surface area contributed by atoms with Crippen LogP contribution in [0.3, 0.4) is 0 Å². The van der Waals surface area contributed by atoms with Gasteiger partial charge < -0.3 is 10.2 Å². The van der Waals surface area contributed by atoms with Crippen LogP contribution in [0, 0.1) is 6.92 Å². The van der Waals surface area contributed by atoms with Gasteiger partial charge in [0, 0.05) is 24.0 Å². The lowest BCUT2D eigenvalue weighted by molar-refractivity contribution is -0.151. The second-order valence-electron chi connectivity index (χ2n) is 6.05. The van der Waals surface area contributed by atoms with E-state index in [4.69, 9.17) is 0 Å². The first-order valence-corrected chi connectivity index (χ1v) is 8.48. The van der Waals surface area contributed by atoms with Gasteiger partial charge in [-0.2, -0.15) is 0 Å². The van der Waals surface area contributed by atoms with Crippen LogP contribution in [-0.2, 0) is 16.0 Å². The van der Waals surface area contributed by atoms with Gasteiger partial charge >= 0.3 is 0 Å². The molecule has 2 fully saturated rings. The van der Waals surface area contributed by atoms with Crippen LogP contribution in [0.5, 0.6) is 0 Å². The Hall–Kier alpha value is -1.43. The highest BCUT2D eigenvalue weighted by Crippen LogP contribution is 2.32. The fraction of sp³-hybridized carbons (Fsp3) is 0.667. The first kappa shape index (κ1) is 14.5. The summed E-state index contributed by atoms with van der Waals surface area (Å²) in [5.41, 5.74) is 0.397. The van der Waals surface area contributed by atoms with Gasteiger partial charge in [0.1, 0.15) is 5.54 Å². The van der Waals surface area contributed by atoms with Crippen LogP contribution in [0.15, 0.2) is 5.38 Å². The molecule has 0 unspecified atom stereocenters. The minimum absolute atomic E-state index is 0.0215. The highest BCUT2D eigenvalue weighted by molar-refractivity contribution is 7.09. The van der Waals surface area contributed by atoms with Gasteiger partial charge in [-0.25, -0.2) is 4.98 Å². The SMILES string of the molecule is Cc1csc(CCN2CC(=O)NC3(CCCCC3)C2=O)n1. The molecule has 2 aliphatic rings. The Morgan fingerprint density at radius 2 is 2.10 bits per heavy atom. The summed E-state index contributed by atoms with van der Waals surface area (Å²) < 4.78 is 0. The normalized spacial score (nSPS) is 21.7. The Labute approximate surface area is 128 Å². The molecule has 1 N–H and O–H groups in total. The number of piperazine rings is 1. The van der Waals surface area contributed by atoms with Crippen molar-refractivity contribution >= 4 is 23.2 Å². The molecule has 1 spiro atoms. The van der Waals surface area contributed by atoms with Crippen LogP contribution < -0.4 is 5.32 Å². The fourth-order valence-electron chi connectivity index (χ4n) is 3.33. The number of amides is 2. The molecule has 21 heavy (non-hydrogen) atoms. The molecule has 0 atom stereocenters. The number of carbonyl (C=O) groups is 2. The zero-order valence-electron chi connectivity index (χ0n) is 12.4. The maximum atomic E-state index is 12.8. The molecular weight excluding hydrogens is 286 g/mol. The molecule has 3 rings (SSSR count). The predicted molar refractivity (Wildman–Crippen MR) is 81.1 cm³/mol. The summed E-state index contributed by atoms with van der Waals surface area (Å²) >= 11 is 1.62. The highest BCUT2D eigenvalue weighted by atomic mass is 32.1. The molecule has 1 aliphatic heterocycles. The Morgan fingerprint density at radius 1 is 1.33 bits per heavy atom. The summed E-state index contributed by atoms with van der Waals surface area (Å²) in [6.07, 6.45) is 5.49. The monoisotopic (exact) mass is 307 g/mol. The van der Waals surface area contributed by atoms with Crippen LogP contribution in [0.25, 0.3) is 0 Å². The van der Waals surface area contributed by atoms with Crippen LogP contribution in [-0.4, -0.2) is 40.3 Å². The summed E-state index contributed by atoms with van der Waals surface area (Å²) in [6, 6.07) is 0. The second-order valence-corrected chi connectivity index (χ2v) is 6.99. The molecule has 2 amide bonds. The third-order valence-corrected chi connectivity index (χ3v) is 5.41. The fourth-order valence-corrected chi connectivity index (χ4v) is 4.10. The zero-order chi connectivity index (χ0) is 14.9. The smallest absolute Gasteiger partial charge is 0.248 e. The Morgan fingerprint density at radius 3 is 2.76 bits per heavy atom. The van der Waals surface area contributed by atoms with Crippen molar-refractivity contribution in [3.05, 3.63) is 16.1 Å². The van der Waals surface area contributed by atoms with Crippen LogP contribution >= 0.6 is 11.3 Å². The molecule has 6 heteroatoms. The number of nitrogens with one attached hydrogen (secondary N) is 1. The third-order valence-electron chi connectivity index (χ3n) is 4.38. The standard InChI is InChI=1S/C15H21N3O2S/c1-11-10-21-13(16-11)5-8-18-9-12(19)17-15(14(18)20)6-3-2-4-7-15/h10H,2-9H2,1H3,(H,17,19). The number of rotatable bonds is 3. The van der Waals surface area contributed by atoms with Crippen molar-refractivity contribution in [3.63, 3.8) is 0 Å². The molecule has 1 aromatic heterocycles. The molecule has 1 aromatic rings. The van der Waals surface area contributed by atoms with Gasteiger partial charge in [-0.1, -0.05) is 19.3 Å². The Balaban J connectivity index is 1.69. The predicted octanol–water partition coefficient (Wildman–Crippen LogP) is 1.66. The van der Waals surface area contributed by atoms with E-state index in [0.717, 1.165) is 49.2 Å². The minimum Gasteiger partial charge on any atom is -0.340 e. The largest absolute Gasteiger partial charge is 0.340 e. The first-order valence-electron chi connectivity index (χ1n) is 7.60. The van der Waals surface area contributed by atoms with Gasteiger partial charge in [0.15, 0.2) is 0 Å². The van der Waals surface area contributed by atoms with Gasteiger partial charge in [0.25, 0.3) is 0 Å². The number of nitrogens with zero attached hydrogens (tertiary/aromatic N) is 2. The summed E-state index contributed by atoms with van der Waals surface area (Å²) in [7, 11) is 0. The van der Waals surface area contributed by atoms with E-state index < -0.39 is 5.54 Å². The van der Waals surface area contributed by atoms with Crippen LogP contribution in [0.2, 0.25) is 0 Å². The van der Waals surface area contributed by atoms with Crippen molar-refractivity contribution in [2.24, 2.45) is 0 Å². The van der Waals surface area contributed by atoms with Gasteiger partial charge in [0.2, 0.25) is 11.8 Å². The van der Waals surface area contributed by atoms with Gasteiger partial charge in [-0.05, 0) is 19.8 Å². The number of carbonyl (C=O) groups excluding carboxylic acids is 2. The van der Waals surface area contributed by atoms with Crippen molar-refractivity contribution < 1.29 is 9.59 Å². The summed E-state index contributed by atoms with van der Waals surface area (Å²) in [6.45, 7) is 2.74. The van der Waals surface area contributed by atoms with Gasteiger partial charge in [-0.3, -0.25) is 9.59 Å². The van der Waals surface area contributed by atoms with Gasteiger partial charge in [0.05, 0.1) is 11.6 Å². The summed E-state index contributed by atoms with van der Waals surface area (Å²) in [5.74, 6) is 0.0851. The summed E-state index contributed by atoms with van der Waals surface area (Å²) in [5, 5.41) is 6.02. The average Bonchev–Trinajstić information content (AvgIpc) is 2.88. The van der Waals surface area contributed by atoms with Gasteiger partial charge in [-0.15, -0.1) is 11.3 Å². The highest BCUT2D eigenvalue weighted by Gasteiger charge is 2.46. The Kier molecular flexibility index (Phi) is 3.97. The van der Waals surface area contributed by atoms with Crippen LogP contribution in [0.4, 0.5) is 0 Å². The van der Waals surface area contributed by atoms with E-state index in [0.29, 0.717) is 6.54 Å². The second kappa shape index (κ2) is 5.75. The molecule has 1 saturated carbocycles. The number of aromatic nitrogens is 1. The molecule has 114 valence electrons. The van der Waals surface area contributed by atoms with Crippen molar-refractivity contribution in [2.45, 2.75) is 51.0 Å². The molecule has 0 bridgehead atoms. The maximum Gasteiger partial charge on any atom is 0.248 e. The molecular formula is C15H21N3O2S. The summed E-state index contributed by atoms with van der Waals surface area (Å²) in [4.78, 5) is 30.9. The van der Waals surface area contributed by atoms with Crippen molar-refractivity contribution in [1.29, 1.82) is 0 Å². The number of aryl methyl sites for hydroxylation is 1. The molecule has 2 heterocycles. The quantitative estimate of drug-likeness (QED) is 0.923. The van der Waals surface area contributed by atoms with E-state index in [1.807, 2.05) is 12.3 Å². The van der Waals surface area contributed by atoms with E-state index in [2.05, 4.69) is 10.3 Å².